The number of halogens is 4. The number of nitrogens with zero attached hydrogens (tertiary/aromatic N) is 3. The van der Waals surface area contributed by atoms with Crippen LogP contribution in [0.15, 0.2) is 30.3 Å². The smallest absolute Gasteiger partial charge is 0.268 e. The fourth-order valence-corrected chi connectivity index (χ4v) is 2.50. The molecule has 7 nitrogen and oxygen atoms in total. The van der Waals surface area contributed by atoms with Crippen LogP contribution in [0.5, 0.6) is 0 Å². The SMILES string of the molecule is O=C(c1cc(F)c(F)c(F)c1F)n1c(-c2cccc([N+](=O)[O-])c2)n[nH]c1=S. The Labute approximate surface area is 152 Å². The number of nitrogens with one attached hydrogen (secondary N) is 1. The molecular formula is C15H6F4N4O3S. The quantitative estimate of drug-likeness (QED) is 0.181. The fraction of sp³-hybridized carbons (Fsp3) is 0. The molecule has 0 amide bonds. The van der Waals surface area contributed by atoms with E-state index < -0.39 is 39.7 Å². The van der Waals surface area contributed by atoms with Gasteiger partial charge in [0.2, 0.25) is 4.77 Å². The number of nitro groups is 1. The maximum atomic E-state index is 14.0. The molecule has 0 aliphatic carbocycles. The maximum Gasteiger partial charge on any atom is 0.270 e. The lowest BCUT2D eigenvalue weighted by atomic mass is 10.1. The number of rotatable bonds is 3. The van der Waals surface area contributed by atoms with Crippen LogP contribution in [0.4, 0.5) is 23.2 Å². The Morgan fingerprint density at radius 1 is 1.15 bits per heavy atom. The van der Waals surface area contributed by atoms with Gasteiger partial charge in [0, 0.05) is 17.7 Å². The molecular weight excluding hydrogens is 392 g/mol. The van der Waals surface area contributed by atoms with Gasteiger partial charge in [0.1, 0.15) is 0 Å². The van der Waals surface area contributed by atoms with E-state index in [0.717, 1.165) is 6.07 Å². The maximum absolute atomic E-state index is 14.0. The average molecular weight is 398 g/mol. The van der Waals surface area contributed by atoms with Crippen molar-refractivity contribution in [3.63, 3.8) is 0 Å². The normalized spacial score (nSPS) is 10.8. The van der Waals surface area contributed by atoms with Gasteiger partial charge >= 0.3 is 0 Å². The van der Waals surface area contributed by atoms with Crippen LogP contribution in [0.2, 0.25) is 0 Å². The van der Waals surface area contributed by atoms with Crippen molar-refractivity contribution in [2.24, 2.45) is 0 Å². The number of carbonyl (C=O) groups excluding carboxylic acids is 1. The number of H-pyrrole nitrogens is 1. The topological polar surface area (TPSA) is 93.8 Å². The molecule has 12 heteroatoms. The molecule has 3 aromatic rings. The van der Waals surface area contributed by atoms with Crippen molar-refractivity contribution < 1.29 is 27.3 Å². The van der Waals surface area contributed by atoms with Gasteiger partial charge in [0.05, 0.1) is 10.5 Å². The van der Waals surface area contributed by atoms with Crippen LogP contribution in [0.1, 0.15) is 10.4 Å². The second kappa shape index (κ2) is 6.72. The minimum atomic E-state index is -2.16. The second-order valence-electron chi connectivity index (χ2n) is 5.15. The van der Waals surface area contributed by atoms with Crippen LogP contribution in [0.3, 0.4) is 0 Å². The van der Waals surface area contributed by atoms with Crippen molar-refractivity contribution in [1.82, 2.24) is 14.8 Å². The molecule has 0 unspecified atom stereocenters. The summed E-state index contributed by atoms with van der Waals surface area (Å²) in [4.78, 5) is 22.8. The Kier molecular flexibility index (Phi) is 4.57. The van der Waals surface area contributed by atoms with Gasteiger partial charge < -0.3 is 0 Å². The van der Waals surface area contributed by atoms with E-state index in [9.17, 15) is 32.5 Å². The number of non-ortho nitro benzene ring substituents is 1. The minimum Gasteiger partial charge on any atom is -0.268 e. The average Bonchev–Trinajstić information content (AvgIpc) is 3.04. The van der Waals surface area contributed by atoms with E-state index in [-0.39, 0.29) is 27.9 Å². The molecule has 0 aliphatic heterocycles. The fourth-order valence-electron chi connectivity index (χ4n) is 2.29. The predicted octanol–water partition coefficient (Wildman–Crippen LogP) is 3.76. The first kappa shape index (κ1) is 18.4. The highest BCUT2D eigenvalue weighted by atomic mass is 32.1. The van der Waals surface area contributed by atoms with Crippen LogP contribution in [0, 0.1) is 38.2 Å². The summed E-state index contributed by atoms with van der Waals surface area (Å²) in [5.41, 5.74) is -1.41. The first-order chi connectivity index (χ1) is 12.7. The zero-order valence-electron chi connectivity index (χ0n) is 12.9. The standard InChI is InChI=1S/C15H6F4N4O3S/c16-9-5-8(10(17)12(19)11(9)18)14(24)22-13(20-21-15(22)27)6-2-1-3-7(4-6)23(25)26/h1-5H,(H,21,27). The molecule has 138 valence electrons. The largest absolute Gasteiger partial charge is 0.270 e. The molecule has 0 radical (unpaired) electrons. The molecule has 0 spiro atoms. The highest BCUT2D eigenvalue weighted by Gasteiger charge is 2.26. The number of aromatic nitrogens is 3. The van der Waals surface area contributed by atoms with Crippen molar-refractivity contribution >= 4 is 23.8 Å². The van der Waals surface area contributed by atoms with E-state index in [1.165, 1.54) is 18.2 Å². The van der Waals surface area contributed by atoms with E-state index in [2.05, 4.69) is 10.2 Å². The third-order valence-corrected chi connectivity index (χ3v) is 3.80. The summed E-state index contributed by atoms with van der Waals surface area (Å²) >= 11 is 4.87. The summed E-state index contributed by atoms with van der Waals surface area (Å²) < 4.78 is 54.1. The summed E-state index contributed by atoms with van der Waals surface area (Å²) in [7, 11) is 0. The zero-order valence-corrected chi connectivity index (χ0v) is 13.7. The molecule has 0 atom stereocenters. The van der Waals surface area contributed by atoms with Crippen LogP contribution < -0.4 is 0 Å². The van der Waals surface area contributed by atoms with Crippen molar-refractivity contribution in [2.45, 2.75) is 0 Å². The molecule has 3 rings (SSSR count). The molecule has 0 aliphatic rings. The summed E-state index contributed by atoms with van der Waals surface area (Å²) in [6.07, 6.45) is 0. The van der Waals surface area contributed by atoms with Crippen LogP contribution >= 0.6 is 12.2 Å². The number of carbonyl (C=O) groups is 1. The van der Waals surface area contributed by atoms with Crippen molar-refractivity contribution in [2.75, 3.05) is 0 Å². The van der Waals surface area contributed by atoms with E-state index in [1.807, 2.05) is 0 Å². The van der Waals surface area contributed by atoms with E-state index >= 15 is 0 Å². The van der Waals surface area contributed by atoms with Gasteiger partial charge in [0.25, 0.3) is 11.6 Å². The lowest BCUT2D eigenvalue weighted by Crippen LogP contribution is -2.17. The highest BCUT2D eigenvalue weighted by Crippen LogP contribution is 2.25. The van der Waals surface area contributed by atoms with E-state index in [0.29, 0.717) is 4.57 Å². The first-order valence-corrected chi connectivity index (χ1v) is 7.43. The van der Waals surface area contributed by atoms with Gasteiger partial charge in [-0.1, -0.05) is 12.1 Å². The van der Waals surface area contributed by atoms with Gasteiger partial charge in [-0.15, -0.1) is 0 Å². The van der Waals surface area contributed by atoms with Crippen LogP contribution in [-0.4, -0.2) is 25.6 Å². The van der Waals surface area contributed by atoms with Gasteiger partial charge in [-0.05, 0) is 18.3 Å². The summed E-state index contributed by atoms with van der Waals surface area (Å²) in [5, 5.41) is 16.9. The lowest BCUT2D eigenvalue weighted by Gasteiger charge is -2.08. The number of benzene rings is 2. The number of aromatic amines is 1. The lowest BCUT2D eigenvalue weighted by molar-refractivity contribution is -0.384. The Hall–Kier alpha value is -3.41. The third kappa shape index (κ3) is 3.10. The zero-order chi connectivity index (χ0) is 19.9. The molecule has 1 N–H and O–H groups in total. The van der Waals surface area contributed by atoms with Gasteiger partial charge in [-0.25, -0.2) is 22.1 Å². The van der Waals surface area contributed by atoms with Crippen molar-refractivity contribution in [3.8, 4) is 11.4 Å². The number of nitro benzene ring substituents is 1. The molecule has 2 aromatic carbocycles. The summed E-state index contributed by atoms with van der Waals surface area (Å²) in [6, 6.07) is 5.09. The summed E-state index contributed by atoms with van der Waals surface area (Å²) in [5.74, 6) is -9.52. The monoisotopic (exact) mass is 398 g/mol. The minimum absolute atomic E-state index is 0.0494. The Morgan fingerprint density at radius 2 is 1.85 bits per heavy atom. The van der Waals surface area contributed by atoms with Gasteiger partial charge in [-0.2, -0.15) is 5.10 Å². The molecule has 1 aromatic heterocycles. The number of hydrogen-bond donors (Lipinski definition) is 1. The van der Waals surface area contributed by atoms with E-state index in [1.54, 1.807) is 0 Å². The Balaban J connectivity index is 2.19. The predicted molar refractivity (Wildman–Crippen MR) is 85.5 cm³/mol. The molecule has 0 fully saturated rings. The molecule has 0 bridgehead atoms. The molecule has 27 heavy (non-hydrogen) atoms. The number of hydrogen-bond acceptors (Lipinski definition) is 5. The van der Waals surface area contributed by atoms with Crippen molar-refractivity contribution in [1.29, 1.82) is 0 Å². The van der Waals surface area contributed by atoms with Gasteiger partial charge in [0.15, 0.2) is 29.1 Å². The molecule has 1 heterocycles. The van der Waals surface area contributed by atoms with Gasteiger partial charge in [-0.3, -0.25) is 20.0 Å². The van der Waals surface area contributed by atoms with E-state index in [4.69, 9.17) is 12.2 Å². The van der Waals surface area contributed by atoms with Crippen molar-refractivity contribution in [3.05, 3.63) is 74.0 Å². The second-order valence-corrected chi connectivity index (χ2v) is 5.53. The highest BCUT2D eigenvalue weighted by molar-refractivity contribution is 7.71. The summed E-state index contributed by atoms with van der Waals surface area (Å²) in [6.45, 7) is 0. The van der Waals surface area contributed by atoms with Crippen LogP contribution in [0.25, 0.3) is 11.4 Å². The molecule has 0 saturated carbocycles. The molecule has 0 saturated heterocycles. The van der Waals surface area contributed by atoms with Crippen LogP contribution in [-0.2, 0) is 0 Å². The Bertz CT molecular complexity index is 1160. The first-order valence-electron chi connectivity index (χ1n) is 7.02. The Morgan fingerprint density at radius 3 is 2.52 bits per heavy atom. The third-order valence-electron chi connectivity index (χ3n) is 3.52.